The van der Waals surface area contributed by atoms with Crippen LogP contribution >= 0.6 is 34.5 Å². The quantitative estimate of drug-likeness (QED) is 0.247. The molecule has 0 unspecified atom stereocenters. The van der Waals surface area contributed by atoms with Gasteiger partial charge in [-0.25, -0.2) is 9.78 Å². The lowest BCUT2D eigenvalue weighted by Crippen LogP contribution is -2.37. The first-order chi connectivity index (χ1) is 17.8. The van der Waals surface area contributed by atoms with Crippen molar-refractivity contribution in [2.75, 3.05) is 31.6 Å². The van der Waals surface area contributed by atoms with Gasteiger partial charge in [0.05, 0.1) is 21.8 Å². The van der Waals surface area contributed by atoms with Crippen LogP contribution < -0.4 is 14.4 Å². The third kappa shape index (κ3) is 7.25. The molecule has 0 aliphatic carbocycles. The number of rotatable bonds is 10. The highest BCUT2D eigenvalue weighted by Crippen LogP contribution is 2.29. The van der Waals surface area contributed by atoms with Crippen LogP contribution in [-0.4, -0.2) is 53.8 Å². The van der Waals surface area contributed by atoms with Gasteiger partial charge in [0.15, 0.2) is 10.9 Å². The zero-order chi connectivity index (χ0) is 26.4. The molecule has 4 rings (SSSR count). The molecule has 0 saturated heterocycles. The number of fused-ring (bicyclic) bond motifs is 1. The predicted octanol–water partition coefficient (Wildman–Crippen LogP) is 6.20. The number of anilines is 1. The highest BCUT2D eigenvalue weighted by Gasteiger charge is 2.21. The fourth-order valence-electron chi connectivity index (χ4n) is 3.39. The van der Waals surface area contributed by atoms with Crippen LogP contribution in [-0.2, 0) is 11.3 Å². The molecule has 0 atom stereocenters. The molecule has 8 nitrogen and oxygen atoms in total. The lowest BCUT2D eigenvalue weighted by molar-refractivity contribution is -0.138. The number of thiazole rings is 1. The van der Waals surface area contributed by atoms with Crippen LogP contribution in [0.1, 0.15) is 5.56 Å². The molecule has 4 aromatic rings. The number of nitrogens with zero attached hydrogens (tertiary/aromatic N) is 3. The van der Waals surface area contributed by atoms with Gasteiger partial charge in [0.2, 0.25) is 0 Å². The van der Waals surface area contributed by atoms with Gasteiger partial charge in [-0.2, -0.15) is 0 Å². The standard InChI is InChI=1S/C26H23Cl2N3O5S/c1-30(25-29-21-4-2-3-5-23(21)37-25)12-13-35-19-9-6-17(7-10-19)15-31(16-24(32)33)26(34)36-22-14-18(27)8-11-20(22)28/h2-11,14H,12-13,15-16H2,1H3,(H,32,33). The third-order valence-corrected chi connectivity index (χ3v) is 6.97. The predicted molar refractivity (Wildman–Crippen MR) is 145 cm³/mol. The number of benzene rings is 3. The molecule has 0 radical (unpaired) electrons. The Morgan fingerprint density at radius 1 is 1.05 bits per heavy atom. The zero-order valence-corrected chi connectivity index (χ0v) is 22.1. The molecular formula is C26H23Cl2N3O5S. The summed E-state index contributed by atoms with van der Waals surface area (Å²) in [5.74, 6) is -0.472. The van der Waals surface area contributed by atoms with Crippen molar-refractivity contribution >= 4 is 61.9 Å². The number of carbonyl (C=O) groups is 2. The number of aliphatic carboxylic acids is 1. The van der Waals surface area contributed by atoms with Crippen molar-refractivity contribution < 1.29 is 24.2 Å². The summed E-state index contributed by atoms with van der Waals surface area (Å²) >= 11 is 13.6. The molecule has 192 valence electrons. The number of ether oxygens (including phenoxy) is 2. The Labute approximate surface area is 227 Å². The van der Waals surface area contributed by atoms with Gasteiger partial charge in [-0.15, -0.1) is 0 Å². The largest absolute Gasteiger partial charge is 0.492 e. The monoisotopic (exact) mass is 559 g/mol. The van der Waals surface area contributed by atoms with Crippen molar-refractivity contribution in [3.8, 4) is 11.5 Å². The van der Waals surface area contributed by atoms with E-state index in [9.17, 15) is 14.7 Å². The fourth-order valence-corrected chi connectivity index (χ4v) is 4.66. The average molecular weight is 560 g/mol. The Hall–Kier alpha value is -3.53. The number of aromatic nitrogens is 1. The van der Waals surface area contributed by atoms with Gasteiger partial charge < -0.3 is 19.5 Å². The minimum Gasteiger partial charge on any atom is -0.492 e. The van der Waals surface area contributed by atoms with E-state index < -0.39 is 18.6 Å². The Morgan fingerprint density at radius 2 is 1.81 bits per heavy atom. The summed E-state index contributed by atoms with van der Waals surface area (Å²) in [7, 11) is 1.97. The van der Waals surface area contributed by atoms with Crippen LogP contribution in [0, 0.1) is 0 Å². The maximum atomic E-state index is 12.7. The first kappa shape index (κ1) is 26.5. The molecule has 0 spiro atoms. The first-order valence-corrected chi connectivity index (χ1v) is 12.8. The molecule has 0 fully saturated rings. The molecule has 1 amide bonds. The lowest BCUT2D eigenvalue weighted by Gasteiger charge is -2.21. The third-order valence-electron chi connectivity index (χ3n) is 5.28. The molecule has 11 heteroatoms. The second kappa shape index (κ2) is 12.1. The van der Waals surface area contributed by atoms with Crippen molar-refractivity contribution in [3.63, 3.8) is 0 Å². The summed E-state index contributed by atoms with van der Waals surface area (Å²) in [6.45, 7) is 0.562. The molecule has 1 aromatic heterocycles. The van der Waals surface area contributed by atoms with E-state index in [2.05, 4.69) is 4.98 Å². The molecule has 37 heavy (non-hydrogen) atoms. The van der Waals surface area contributed by atoms with E-state index in [1.807, 2.05) is 36.2 Å². The Kier molecular flexibility index (Phi) is 8.70. The topological polar surface area (TPSA) is 92.2 Å². The van der Waals surface area contributed by atoms with Crippen molar-refractivity contribution in [2.45, 2.75) is 6.54 Å². The maximum absolute atomic E-state index is 12.7. The van der Waals surface area contributed by atoms with Gasteiger partial charge in [-0.3, -0.25) is 9.69 Å². The summed E-state index contributed by atoms with van der Waals surface area (Å²) < 4.78 is 12.3. The summed E-state index contributed by atoms with van der Waals surface area (Å²) in [6, 6.07) is 19.5. The molecule has 1 heterocycles. The Morgan fingerprint density at radius 3 is 2.54 bits per heavy atom. The SMILES string of the molecule is CN(CCOc1ccc(CN(CC(=O)O)C(=O)Oc2cc(Cl)ccc2Cl)cc1)c1nc2ccccc2s1. The van der Waals surface area contributed by atoms with Gasteiger partial charge in [0.25, 0.3) is 0 Å². The molecular weight excluding hydrogens is 537 g/mol. The number of halogens is 2. The van der Waals surface area contributed by atoms with Gasteiger partial charge in [-0.05, 0) is 42.0 Å². The maximum Gasteiger partial charge on any atom is 0.416 e. The number of carboxylic acids is 1. The van der Waals surface area contributed by atoms with Gasteiger partial charge in [0.1, 0.15) is 18.9 Å². The zero-order valence-electron chi connectivity index (χ0n) is 19.8. The molecule has 1 N–H and O–H groups in total. The molecule has 3 aromatic carbocycles. The van der Waals surface area contributed by atoms with Crippen molar-refractivity contribution in [3.05, 3.63) is 82.3 Å². The summed E-state index contributed by atoms with van der Waals surface area (Å²) in [5, 5.41) is 10.7. The summed E-state index contributed by atoms with van der Waals surface area (Å²) in [5.41, 5.74) is 1.68. The van der Waals surface area contributed by atoms with Crippen LogP contribution in [0.5, 0.6) is 11.5 Å². The number of hydrogen-bond acceptors (Lipinski definition) is 7. The van der Waals surface area contributed by atoms with E-state index in [0.717, 1.165) is 20.2 Å². The highest BCUT2D eigenvalue weighted by molar-refractivity contribution is 7.22. The van der Waals surface area contributed by atoms with Crippen LogP contribution in [0.2, 0.25) is 10.0 Å². The van der Waals surface area contributed by atoms with Crippen molar-refractivity contribution in [1.29, 1.82) is 0 Å². The number of likely N-dealkylation sites (N-methyl/N-ethyl adjacent to an activating group) is 1. The Balaban J connectivity index is 1.32. The van der Waals surface area contributed by atoms with Crippen LogP contribution in [0.25, 0.3) is 10.2 Å². The van der Waals surface area contributed by atoms with E-state index in [0.29, 0.717) is 29.5 Å². The number of carboxylic acid groups (broad SMARTS) is 1. The van der Waals surface area contributed by atoms with Crippen molar-refractivity contribution in [1.82, 2.24) is 9.88 Å². The summed E-state index contributed by atoms with van der Waals surface area (Å²) in [4.78, 5) is 31.7. The fraction of sp³-hybridized carbons (Fsp3) is 0.192. The van der Waals surface area contributed by atoms with E-state index in [4.69, 9.17) is 32.7 Å². The molecule has 0 bridgehead atoms. The van der Waals surface area contributed by atoms with E-state index >= 15 is 0 Å². The van der Waals surface area contributed by atoms with E-state index in [1.165, 1.54) is 12.1 Å². The number of carbonyl (C=O) groups excluding carboxylic acids is 1. The summed E-state index contributed by atoms with van der Waals surface area (Å²) in [6.07, 6.45) is -0.857. The number of amides is 1. The second-order valence-corrected chi connectivity index (χ2v) is 9.92. The van der Waals surface area contributed by atoms with E-state index in [1.54, 1.807) is 41.7 Å². The van der Waals surface area contributed by atoms with Gasteiger partial charge in [-0.1, -0.05) is 58.8 Å². The normalized spacial score (nSPS) is 10.8. The van der Waals surface area contributed by atoms with E-state index in [-0.39, 0.29) is 17.3 Å². The lowest BCUT2D eigenvalue weighted by atomic mass is 10.2. The smallest absolute Gasteiger partial charge is 0.416 e. The number of para-hydroxylation sites is 1. The molecule has 0 aliphatic rings. The second-order valence-electron chi connectivity index (χ2n) is 8.07. The van der Waals surface area contributed by atoms with Crippen LogP contribution in [0.4, 0.5) is 9.93 Å². The first-order valence-electron chi connectivity index (χ1n) is 11.2. The van der Waals surface area contributed by atoms with Gasteiger partial charge >= 0.3 is 12.1 Å². The average Bonchev–Trinajstić information content (AvgIpc) is 3.31. The Bertz CT molecular complexity index is 1360. The van der Waals surface area contributed by atoms with Crippen molar-refractivity contribution in [2.24, 2.45) is 0 Å². The highest BCUT2D eigenvalue weighted by atomic mass is 35.5. The van der Waals surface area contributed by atoms with Gasteiger partial charge in [0, 0.05) is 24.7 Å². The molecule has 0 saturated carbocycles. The molecule has 0 aliphatic heterocycles. The van der Waals surface area contributed by atoms with Crippen LogP contribution in [0.3, 0.4) is 0 Å². The number of hydrogen-bond donors (Lipinski definition) is 1. The minimum atomic E-state index is -1.17. The van der Waals surface area contributed by atoms with Crippen LogP contribution in [0.15, 0.2) is 66.7 Å². The minimum absolute atomic E-state index is 0.0178.